The number of amides is 1. The van der Waals surface area contributed by atoms with Crippen molar-refractivity contribution in [3.8, 4) is 5.75 Å². The zero-order valence-corrected chi connectivity index (χ0v) is 11.7. The van der Waals surface area contributed by atoms with Crippen LogP contribution in [0.4, 0.5) is 4.39 Å². The lowest BCUT2D eigenvalue weighted by Gasteiger charge is -2.30. The van der Waals surface area contributed by atoms with Crippen LogP contribution in [0.15, 0.2) is 18.2 Å². The number of nitrogens with zero attached hydrogens (tertiary/aromatic N) is 1. The highest BCUT2D eigenvalue weighted by Gasteiger charge is 2.23. The summed E-state index contributed by atoms with van der Waals surface area (Å²) in [5, 5.41) is 9.62. The molecule has 21 heavy (non-hydrogen) atoms. The van der Waals surface area contributed by atoms with E-state index in [1.807, 2.05) is 4.90 Å². The van der Waals surface area contributed by atoms with Crippen LogP contribution >= 0.6 is 0 Å². The minimum atomic E-state index is -0.545. The lowest BCUT2D eigenvalue weighted by atomic mass is 9.93. The van der Waals surface area contributed by atoms with Gasteiger partial charge in [0.05, 0.1) is 12.1 Å². The van der Waals surface area contributed by atoms with Gasteiger partial charge in [-0.15, -0.1) is 0 Å². The number of phenolic OH excluding ortho intramolecular Hbond substituents is 1. The number of halogens is 1. The number of hydrogen-bond donors (Lipinski definition) is 2. The van der Waals surface area contributed by atoms with E-state index < -0.39 is 5.82 Å². The van der Waals surface area contributed by atoms with Gasteiger partial charge in [-0.3, -0.25) is 14.5 Å². The largest absolute Gasteiger partial charge is 0.507 e. The van der Waals surface area contributed by atoms with Crippen molar-refractivity contribution in [1.29, 1.82) is 0 Å². The Labute approximate surface area is 122 Å². The third-order valence-corrected chi connectivity index (χ3v) is 3.82. The van der Waals surface area contributed by atoms with Crippen molar-refractivity contribution >= 4 is 11.7 Å². The van der Waals surface area contributed by atoms with Crippen LogP contribution in [0, 0.1) is 11.7 Å². The molecule has 1 aliphatic rings. The number of nitrogens with two attached hydrogens (primary N) is 1. The van der Waals surface area contributed by atoms with Gasteiger partial charge in [0.2, 0.25) is 5.91 Å². The highest BCUT2D eigenvalue weighted by molar-refractivity contribution is 6.00. The molecule has 3 N–H and O–H groups in total. The summed E-state index contributed by atoms with van der Waals surface area (Å²) in [6, 6.07) is 3.35. The van der Waals surface area contributed by atoms with Crippen LogP contribution in [0.5, 0.6) is 5.75 Å². The minimum Gasteiger partial charge on any atom is -0.507 e. The van der Waals surface area contributed by atoms with Crippen LogP contribution in [0.3, 0.4) is 0 Å². The molecule has 1 aliphatic heterocycles. The summed E-state index contributed by atoms with van der Waals surface area (Å²) < 4.78 is 13.1. The van der Waals surface area contributed by atoms with Crippen molar-refractivity contribution in [2.24, 2.45) is 11.7 Å². The number of hydrogen-bond acceptors (Lipinski definition) is 4. The molecular weight excluding hydrogens is 275 g/mol. The van der Waals surface area contributed by atoms with E-state index in [0.29, 0.717) is 19.5 Å². The molecule has 1 heterocycles. The summed E-state index contributed by atoms with van der Waals surface area (Å²) in [6.07, 6.45) is 2.00. The third-order valence-electron chi connectivity index (χ3n) is 3.82. The Morgan fingerprint density at radius 1 is 1.33 bits per heavy atom. The van der Waals surface area contributed by atoms with Crippen molar-refractivity contribution in [1.82, 2.24) is 4.90 Å². The Bertz CT molecular complexity index is 540. The fourth-order valence-corrected chi connectivity index (χ4v) is 2.65. The van der Waals surface area contributed by atoms with Crippen LogP contribution in [0.25, 0.3) is 0 Å². The molecule has 1 fully saturated rings. The normalized spacial score (nSPS) is 16.8. The van der Waals surface area contributed by atoms with E-state index in [1.165, 1.54) is 6.07 Å². The quantitative estimate of drug-likeness (QED) is 0.802. The van der Waals surface area contributed by atoms with Crippen LogP contribution < -0.4 is 5.73 Å². The number of piperidine rings is 1. The maximum atomic E-state index is 13.1. The Kier molecular flexibility index (Phi) is 4.90. The topological polar surface area (TPSA) is 83.6 Å². The molecule has 1 saturated heterocycles. The van der Waals surface area contributed by atoms with Crippen molar-refractivity contribution < 1.29 is 19.1 Å². The maximum Gasteiger partial charge on any atom is 0.217 e. The molecule has 0 bridgehead atoms. The molecule has 6 heteroatoms. The predicted octanol–water partition coefficient (Wildman–Crippen LogP) is 1.30. The van der Waals surface area contributed by atoms with Crippen molar-refractivity contribution in [3.05, 3.63) is 29.6 Å². The molecule has 2 rings (SSSR count). The fourth-order valence-electron chi connectivity index (χ4n) is 2.65. The van der Waals surface area contributed by atoms with Crippen molar-refractivity contribution in [3.63, 3.8) is 0 Å². The standard InChI is InChI=1S/C15H19FN2O3/c16-11-1-2-13(19)12(8-11)14(20)9-18-5-3-10(4-6-18)7-15(17)21/h1-2,8,10,19H,3-7,9H2,(H2,17,21). The molecule has 1 aromatic rings. The summed E-state index contributed by atoms with van der Waals surface area (Å²) in [4.78, 5) is 24.9. The summed E-state index contributed by atoms with van der Waals surface area (Å²) in [7, 11) is 0. The van der Waals surface area contributed by atoms with E-state index in [1.54, 1.807) is 0 Å². The molecule has 0 radical (unpaired) electrons. The van der Waals surface area contributed by atoms with Crippen LogP contribution in [0.1, 0.15) is 29.6 Å². The van der Waals surface area contributed by atoms with Gasteiger partial charge in [-0.25, -0.2) is 4.39 Å². The minimum absolute atomic E-state index is 0.00857. The Morgan fingerprint density at radius 2 is 2.00 bits per heavy atom. The number of aromatic hydroxyl groups is 1. The van der Waals surface area contributed by atoms with E-state index in [9.17, 15) is 19.1 Å². The second-order valence-electron chi connectivity index (χ2n) is 5.47. The average Bonchev–Trinajstić information content (AvgIpc) is 2.43. The van der Waals surface area contributed by atoms with Crippen LogP contribution in [-0.4, -0.2) is 41.3 Å². The second kappa shape index (κ2) is 6.67. The third kappa shape index (κ3) is 4.26. The van der Waals surface area contributed by atoms with Gasteiger partial charge in [0.15, 0.2) is 5.78 Å². The van der Waals surface area contributed by atoms with Gasteiger partial charge in [-0.2, -0.15) is 0 Å². The number of primary amides is 1. The molecule has 114 valence electrons. The van der Waals surface area contributed by atoms with Crippen molar-refractivity contribution in [2.45, 2.75) is 19.3 Å². The second-order valence-corrected chi connectivity index (χ2v) is 5.47. The summed E-state index contributed by atoms with van der Waals surface area (Å²) in [5.41, 5.74) is 5.18. The van der Waals surface area contributed by atoms with E-state index >= 15 is 0 Å². The molecule has 0 unspecified atom stereocenters. The van der Waals surface area contributed by atoms with Gasteiger partial charge in [0.1, 0.15) is 11.6 Å². The molecule has 1 amide bonds. The van der Waals surface area contributed by atoms with Crippen molar-refractivity contribution in [2.75, 3.05) is 19.6 Å². The first-order valence-corrected chi connectivity index (χ1v) is 6.98. The van der Waals surface area contributed by atoms with Gasteiger partial charge >= 0.3 is 0 Å². The lowest BCUT2D eigenvalue weighted by Crippen LogP contribution is -2.38. The Hall–Kier alpha value is -1.95. The molecule has 1 aromatic carbocycles. The number of likely N-dealkylation sites (tertiary alicyclic amines) is 1. The summed E-state index contributed by atoms with van der Waals surface area (Å²) >= 11 is 0. The number of Topliss-reactive ketones (excluding diaryl/α,β-unsaturated/α-hetero) is 1. The molecule has 0 aliphatic carbocycles. The zero-order chi connectivity index (χ0) is 15.4. The van der Waals surface area contributed by atoms with Gasteiger partial charge in [0.25, 0.3) is 0 Å². The predicted molar refractivity (Wildman–Crippen MR) is 75.4 cm³/mol. The maximum absolute atomic E-state index is 13.1. The van der Waals surface area contributed by atoms with Gasteiger partial charge < -0.3 is 10.8 Å². The first kappa shape index (κ1) is 15.4. The smallest absolute Gasteiger partial charge is 0.217 e. The van der Waals surface area contributed by atoms with E-state index in [0.717, 1.165) is 25.0 Å². The van der Waals surface area contributed by atoms with Crippen LogP contribution in [-0.2, 0) is 4.79 Å². The fraction of sp³-hybridized carbons (Fsp3) is 0.467. The molecule has 0 saturated carbocycles. The van der Waals surface area contributed by atoms with Gasteiger partial charge in [-0.05, 0) is 50.0 Å². The number of benzene rings is 1. The summed E-state index contributed by atoms with van der Waals surface area (Å²) in [6.45, 7) is 1.53. The number of carbonyl (C=O) groups excluding carboxylic acids is 2. The molecule has 0 atom stereocenters. The number of ketones is 1. The molecule has 0 aromatic heterocycles. The number of rotatable bonds is 5. The van der Waals surface area contributed by atoms with Gasteiger partial charge in [0, 0.05) is 6.42 Å². The average molecular weight is 294 g/mol. The number of phenols is 1. The Morgan fingerprint density at radius 3 is 2.62 bits per heavy atom. The van der Waals surface area contributed by atoms with E-state index in [2.05, 4.69) is 0 Å². The first-order valence-electron chi connectivity index (χ1n) is 6.98. The summed E-state index contributed by atoms with van der Waals surface area (Å²) in [5.74, 6) is -1.08. The van der Waals surface area contributed by atoms with Gasteiger partial charge in [-0.1, -0.05) is 0 Å². The van der Waals surface area contributed by atoms with E-state index in [-0.39, 0.29) is 35.5 Å². The molecule has 0 spiro atoms. The van der Waals surface area contributed by atoms with E-state index in [4.69, 9.17) is 5.73 Å². The zero-order valence-electron chi connectivity index (χ0n) is 11.7. The highest BCUT2D eigenvalue weighted by atomic mass is 19.1. The first-order chi connectivity index (χ1) is 9.95. The SMILES string of the molecule is NC(=O)CC1CCN(CC(=O)c2cc(F)ccc2O)CC1. The Balaban J connectivity index is 1.90. The molecule has 5 nitrogen and oxygen atoms in total. The highest BCUT2D eigenvalue weighted by Crippen LogP contribution is 2.22. The van der Waals surface area contributed by atoms with Crippen LogP contribution in [0.2, 0.25) is 0 Å². The monoisotopic (exact) mass is 294 g/mol. The number of carbonyl (C=O) groups is 2. The lowest BCUT2D eigenvalue weighted by molar-refractivity contribution is -0.119. The molecular formula is C15H19FN2O3.